The lowest BCUT2D eigenvalue weighted by Crippen LogP contribution is -2.31. The molecule has 114 valence electrons. The number of aryl methyl sites for hydroxylation is 1. The second-order valence-corrected chi connectivity index (χ2v) is 5.44. The summed E-state index contributed by atoms with van der Waals surface area (Å²) in [4.78, 5) is 9.96. The van der Waals surface area contributed by atoms with Crippen molar-refractivity contribution in [2.24, 2.45) is 5.73 Å². The zero-order valence-corrected chi connectivity index (χ0v) is 12.1. The molecule has 1 aromatic carbocycles. The smallest absolute Gasteiger partial charge is 0.320 e. The van der Waals surface area contributed by atoms with Gasteiger partial charge in [-0.15, -0.1) is 0 Å². The van der Waals surface area contributed by atoms with Gasteiger partial charge < -0.3 is 15.6 Å². The van der Waals surface area contributed by atoms with E-state index in [0.717, 1.165) is 5.56 Å². The lowest BCUT2D eigenvalue weighted by molar-refractivity contribution is -0.138. The van der Waals surface area contributed by atoms with Gasteiger partial charge in [0.1, 0.15) is 6.04 Å². The van der Waals surface area contributed by atoms with E-state index in [2.05, 4.69) is 4.74 Å². The van der Waals surface area contributed by atoms with Gasteiger partial charge in [0.05, 0.1) is 4.90 Å². The minimum Gasteiger partial charge on any atom is -0.480 e. The van der Waals surface area contributed by atoms with Gasteiger partial charge in [-0.25, -0.2) is 0 Å². The first-order valence-electron chi connectivity index (χ1n) is 5.70. The molecule has 0 aromatic heterocycles. The van der Waals surface area contributed by atoms with Crippen LogP contribution in [0.4, 0.5) is 0 Å². The maximum Gasteiger partial charge on any atom is 0.320 e. The largest absolute Gasteiger partial charge is 0.480 e. The minimum atomic E-state index is -4.02. The summed E-state index contributed by atoms with van der Waals surface area (Å²) in [5, 5.41) is 8.23. The number of carboxylic acids is 1. The van der Waals surface area contributed by atoms with E-state index in [0.29, 0.717) is 13.0 Å². The molecule has 0 spiro atoms. The van der Waals surface area contributed by atoms with Gasteiger partial charge >= 0.3 is 5.97 Å². The Morgan fingerprint density at radius 3 is 2.20 bits per heavy atom. The number of ether oxygens (including phenoxy) is 1. The topological polar surface area (TPSA) is 127 Å². The number of carboxylic acid groups (broad SMARTS) is 1. The van der Waals surface area contributed by atoms with E-state index in [4.69, 9.17) is 15.4 Å². The number of carbonyl (C=O) groups is 1. The van der Waals surface area contributed by atoms with Crippen molar-refractivity contribution >= 4 is 16.1 Å². The first-order valence-corrected chi connectivity index (χ1v) is 7.14. The number of hydrogen-bond acceptors (Lipinski definition) is 5. The first kappa shape index (κ1) is 18.5. The fraction of sp³-hybridized carbons (Fsp3) is 0.417. The molecular formula is C12H19NO6S. The van der Waals surface area contributed by atoms with E-state index in [9.17, 15) is 13.2 Å². The van der Waals surface area contributed by atoms with Crippen LogP contribution in [0.5, 0.6) is 0 Å². The molecule has 8 heteroatoms. The molecule has 1 rings (SSSR count). The van der Waals surface area contributed by atoms with Crippen LogP contribution in [0.1, 0.15) is 12.0 Å². The van der Waals surface area contributed by atoms with Crippen LogP contribution in [0.25, 0.3) is 0 Å². The Kier molecular flexibility index (Phi) is 8.00. The second-order valence-electron chi connectivity index (χ2n) is 4.01. The lowest BCUT2D eigenvalue weighted by atomic mass is 10.2. The Labute approximate surface area is 118 Å². The highest BCUT2D eigenvalue weighted by atomic mass is 32.2. The molecule has 0 saturated heterocycles. The predicted octanol–water partition coefficient (Wildman–Crippen LogP) is 0.677. The fourth-order valence-electron chi connectivity index (χ4n) is 1.08. The van der Waals surface area contributed by atoms with Crippen LogP contribution in [0, 0.1) is 6.92 Å². The second kappa shape index (κ2) is 8.64. The number of nitrogens with two attached hydrogens (primary N) is 1. The average molecular weight is 305 g/mol. The van der Waals surface area contributed by atoms with Gasteiger partial charge in [-0.05, 0) is 25.5 Å². The molecule has 0 aliphatic carbocycles. The molecule has 0 aliphatic heterocycles. The Hall–Kier alpha value is -1.48. The van der Waals surface area contributed by atoms with E-state index >= 15 is 0 Å². The van der Waals surface area contributed by atoms with Crippen LogP contribution >= 0.6 is 0 Å². The third-order valence-electron chi connectivity index (χ3n) is 2.27. The summed E-state index contributed by atoms with van der Waals surface area (Å²) >= 11 is 0. The monoisotopic (exact) mass is 305 g/mol. The maximum absolute atomic E-state index is 10.5. The normalized spacial score (nSPS) is 12.2. The van der Waals surface area contributed by atoms with Gasteiger partial charge in [0.2, 0.25) is 0 Å². The molecule has 0 amide bonds. The molecular weight excluding hydrogens is 286 g/mol. The van der Waals surface area contributed by atoms with Crippen molar-refractivity contribution < 1.29 is 27.6 Å². The van der Waals surface area contributed by atoms with Gasteiger partial charge in [-0.2, -0.15) is 8.42 Å². The van der Waals surface area contributed by atoms with Crippen molar-refractivity contribution in [2.75, 3.05) is 13.7 Å². The van der Waals surface area contributed by atoms with Crippen molar-refractivity contribution in [3.05, 3.63) is 29.8 Å². The molecule has 0 saturated carbocycles. The summed E-state index contributed by atoms with van der Waals surface area (Å²) in [5.41, 5.74) is 6.08. The fourth-order valence-corrected chi connectivity index (χ4v) is 1.56. The molecule has 1 atom stereocenters. The van der Waals surface area contributed by atoms with E-state index < -0.39 is 22.1 Å². The number of rotatable bonds is 5. The highest BCUT2D eigenvalue weighted by Gasteiger charge is 2.09. The van der Waals surface area contributed by atoms with Crippen LogP contribution in [-0.4, -0.2) is 43.8 Å². The number of aliphatic carboxylic acids is 1. The summed E-state index contributed by atoms with van der Waals surface area (Å²) < 4.78 is 34.2. The Morgan fingerprint density at radius 2 is 1.85 bits per heavy atom. The Bertz CT molecular complexity index is 511. The first-order chi connectivity index (χ1) is 9.18. The molecule has 0 bridgehead atoms. The van der Waals surface area contributed by atoms with Crippen LogP contribution in [0.2, 0.25) is 0 Å². The molecule has 1 unspecified atom stereocenters. The maximum atomic E-state index is 10.5. The molecule has 1 aromatic rings. The molecule has 0 fully saturated rings. The van der Waals surface area contributed by atoms with Gasteiger partial charge in [-0.3, -0.25) is 9.35 Å². The lowest BCUT2D eigenvalue weighted by Gasteiger charge is -2.02. The number of methoxy groups -OCH3 is 1. The van der Waals surface area contributed by atoms with E-state index in [-0.39, 0.29) is 4.90 Å². The molecule has 0 heterocycles. The van der Waals surface area contributed by atoms with Gasteiger partial charge in [-0.1, -0.05) is 17.7 Å². The molecule has 7 nitrogen and oxygen atoms in total. The Morgan fingerprint density at radius 1 is 1.35 bits per heavy atom. The summed E-state index contributed by atoms with van der Waals surface area (Å²) in [5.74, 6) is -0.980. The summed E-state index contributed by atoms with van der Waals surface area (Å²) in [6, 6.07) is 5.20. The number of hydrogen-bond donors (Lipinski definition) is 3. The number of benzene rings is 1. The van der Waals surface area contributed by atoms with Crippen molar-refractivity contribution in [1.29, 1.82) is 0 Å². The third-order valence-corrected chi connectivity index (χ3v) is 3.14. The van der Waals surface area contributed by atoms with Crippen LogP contribution in [-0.2, 0) is 19.6 Å². The van der Waals surface area contributed by atoms with Gasteiger partial charge in [0.25, 0.3) is 10.1 Å². The van der Waals surface area contributed by atoms with Gasteiger partial charge in [0.15, 0.2) is 0 Å². The van der Waals surface area contributed by atoms with Crippen molar-refractivity contribution in [1.82, 2.24) is 0 Å². The molecule has 20 heavy (non-hydrogen) atoms. The van der Waals surface area contributed by atoms with Crippen molar-refractivity contribution in [3.63, 3.8) is 0 Å². The summed E-state index contributed by atoms with van der Waals surface area (Å²) in [6.07, 6.45) is 0.367. The predicted molar refractivity (Wildman–Crippen MR) is 73.1 cm³/mol. The third kappa shape index (κ3) is 7.85. The minimum absolute atomic E-state index is 0.0666. The Balaban J connectivity index is 0.000000370. The average Bonchev–Trinajstić information content (AvgIpc) is 2.36. The van der Waals surface area contributed by atoms with Crippen LogP contribution in [0.3, 0.4) is 0 Å². The van der Waals surface area contributed by atoms with Crippen molar-refractivity contribution in [3.8, 4) is 0 Å². The molecule has 0 radical (unpaired) electrons. The standard InChI is InChI=1S/C7H8O3S.C5H11NO3/c1-6-2-4-7(5-3-6)11(8,9)10;1-9-3-2-4(6)5(7)8/h2-5H,1H3,(H,8,9,10);4H,2-3,6H2,1H3,(H,7,8). The van der Waals surface area contributed by atoms with Crippen LogP contribution < -0.4 is 5.73 Å². The molecule has 4 N–H and O–H groups in total. The SMILES string of the molecule is COCCC(N)C(=O)O.Cc1ccc(S(=O)(=O)O)cc1. The zero-order chi connectivity index (χ0) is 15.8. The summed E-state index contributed by atoms with van der Waals surface area (Å²) in [7, 11) is -2.51. The van der Waals surface area contributed by atoms with Gasteiger partial charge in [0, 0.05) is 13.7 Å². The van der Waals surface area contributed by atoms with Crippen LogP contribution in [0.15, 0.2) is 29.2 Å². The van der Waals surface area contributed by atoms with E-state index in [1.807, 2.05) is 6.92 Å². The molecule has 0 aliphatic rings. The van der Waals surface area contributed by atoms with Crippen molar-refractivity contribution in [2.45, 2.75) is 24.3 Å². The van der Waals surface area contributed by atoms with E-state index in [1.54, 1.807) is 12.1 Å². The van der Waals surface area contributed by atoms with E-state index in [1.165, 1.54) is 19.2 Å². The highest BCUT2D eigenvalue weighted by molar-refractivity contribution is 7.85. The highest BCUT2D eigenvalue weighted by Crippen LogP contribution is 2.08. The quantitative estimate of drug-likeness (QED) is 0.682. The summed E-state index contributed by atoms with van der Waals surface area (Å²) in [6.45, 7) is 2.24. The zero-order valence-electron chi connectivity index (χ0n) is 11.3.